The van der Waals surface area contributed by atoms with Crippen molar-refractivity contribution in [2.45, 2.75) is 19.8 Å². The largest absolute Gasteiger partial charge is 0.303 e. The van der Waals surface area contributed by atoms with Crippen LogP contribution in [0, 0.1) is 11.3 Å². The number of rotatable bonds is 2. The van der Waals surface area contributed by atoms with Gasteiger partial charge in [-0.2, -0.15) is 0 Å². The number of allylic oxidation sites excluding steroid dienone is 2. The normalized spacial score (nSPS) is 36.6. The second kappa shape index (κ2) is 2.99. The molecule has 0 aromatic heterocycles. The van der Waals surface area contributed by atoms with E-state index in [4.69, 9.17) is 0 Å². The minimum absolute atomic E-state index is 0.120. The summed E-state index contributed by atoms with van der Waals surface area (Å²) in [7, 11) is 0. The maximum atomic E-state index is 10.7. The van der Waals surface area contributed by atoms with Crippen LogP contribution in [0.15, 0.2) is 12.2 Å². The van der Waals surface area contributed by atoms with Gasteiger partial charge in [-0.05, 0) is 12.8 Å². The first kappa shape index (κ1) is 8.18. The van der Waals surface area contributed by atoms with Crippen molar-refractivity contribution in [3.8, 4) is 0 Å². The van der Waals surface area contributed by atoms with Crippen LogP contribution >= 0.6 is 0 Å². The Labute approximate surface area is 66.3 Å². The van der Waals surface area contributed by atoms with Crippen LogP contribution < -0.4 is 0 Å². The lowest BCUT2D eigenvalue weighted by Crippen LogP contribution is -2.31. The first-order valence-electron chi connectivity index (χ1n) is 3.79. The Hall–Kier alpha value is -0.920. The van der Waals surface area contributed by atoms with Crippen molar-refractivity contribution < 1.29 is 9.59 Å². The van der Waals surface area contributed by atoms with E-state index in [9.17, 15) is 9.59 Å². The smallest absolute Gasteiger partial charge is 0.126 e. The zero-order valence-electron chi connectivity index (χ0n) is 6.62. The molecule has 2 nitrogen and oxygen atoms in total. The Morgan fingerprint density at radius 3 is 2.64 bits per heavy atom. The summed E-state index contributed by atoms with van der Waals surface area (Å²) in [5.41, 5.74) is -0.448. The molecule has 0 amide bonds. The fourth-order valence-electron chi connectivity index (χ4n) is 1.35. The molecular weight excluding hydrogens is 140 g/mol. The summed E-state index contributed by atoms with van der Waals surface area (Å²) < 4.78 is 0. The minimum atomic E-state index is -0.448. The second-order valence-corrected chi connectivity index (χ2v) is 3.28. The zero-order chi connectivity index (χ0) is 8.32. The van der Waals surface area contributed by atoms with Gasteiger partial charge in [0.15, 0.2) is 0 Å². The van der Waals surface area contributed by atoms with E-state index in [2.05, 4.69) is 0 Å². The molecule has 0 N–H and O–H groups in total. The summed E-state index contributed by atoms with van der Waals surface area (Å²) in [5, 5.41) is 0. The zero-order valence-corrected chi connectivity index (χ0v) is 6.62. The first-order chi connectivity index (χ1) is 5.23. The van der Waals surface area contributed by atoms with Crippen LogP contribution in [0.3, 0.4) is 0 Å². The van der Waals surface area contributed by atoms with Crippen LogP contribution in [0.1, 0.15) is 19.8 Å². The third-order valence-corrected chi connectivity index (χ3v) is 2.39. The van der Waals surface area contributed by atoms with E-state index < -0.39 is 5.41 Å². The Bertz CT molecular complexity index is 196. The van der Waals surface area contributed by atoms with Gasteiger partial charge >= 0.3 is 0 Å². The van der Waals surface area contributed by atoms with Crippen molar-refractivity contribution in [2.24, 2.45) is 11.3 Å². The molecule has 0 radical (unpaired) electrons. The lowest BCUT2D eigenvalue weighted by Gasteiger charge is -2.29. The van der Waals surface area contributed by atoms with Crippen LogP contribution in [0.25, 0.3) is 0 Å². The highest BCUT2D eigenvalue weighted by molar-refractivity contribution is 5.69. The van der Waals surface area contributed by atoms with Crippen molar-refractivity contribution >= 4 is 12.6 Å². The van der Waals surface area contributed by atoms with Crippen LogP contribution in [-0.2, 0) is 9.59 Å². The molecule has 0 heterocycles. The van der Waals surface area contributed by atoms with Gasteiger partial charge in [-0.15, -0.1) is 0 Å². The van der Waals surface area contributed by atoms with Crippen LogP contribution in [0.5, 0.6) is 0 Å². The predicted molar refractivity (Wildman–Crippen MR) is 42.1 cm³/mol. The molecule has 2 atom stereocenters. The van der Waals surface area contributed by atoms with Gasteiger partial charge in [0.2, 0.25) is 0 Å². The molecule has 2 unspecified atom stereocenters. The maximum Gasteiger partial charge on any atom is 0.126 e. The highest BCUT2D eigenvalue weighted by Crippen LogP contribution is 2.34. The lowest BCUT2D eigenvalue weighted by molar-refractivity contribution is -0.124. The number of carbonyl (C=O) groups excluding carboxylic acids is 2. The fourth-order valence-corrected chi connectivity index (χ4v) is 1.35. The summed E-state index contributed by atoms with van der Waals surface area (Å²) >= 11 is 0. The molecule has 1 aliphatic carbocycles. The number of aldehydes is 2. The van der Waals surface area contributed by atoms with Gasteiger partial charge in [0, 0.05) is 11.3 Å². The van der Waals surface area contributed by atoms with Crippen LogP contribution in [0.2, 0.25) is 0 Å². The minimum Gasteiger partial charge on any atom is -0.303 e. The van der Waals surface area contributed by atoms with E-state index in [1.54, 1.807) is 0 Å². The van der Waals surface area contributed by atoms with Crippen LogP contribution in [0.4, 0.5) is 0 Å². The topological polar surface area (TPSA) is 34.1 Å². The van der Waals surface area contributed by atoms with Gasteiger partial charge in [0.25, 0.3) is 0 Å². The van der Waals surface area contributed by atoms with Gasteiger partial charge in [-0.25, -0.2) is 0 Å². The first-order valence-corrected chi connectivity index (χ1v) is 3.79. The molecule has 0 aromatic carbocycles. The average molecular weight is 152 g/mol. The Kier molecular flexibility index (Phi) is 2.22. The molecule has 11 heavy (non-hydrogen) atoms. The summed E-state index contributed by atoms with van der Waals surface area (Å²) in [6.07, 6.45) is 7.12. The SMILES string of the molecule is CC1(C=O)CC=CCC1C=O. The van der Waals surface area contributed by atoms with E-state index >= 15 is 0 Å². The van der Waals surface area contributed by atoms with Crippen molar-refractivity contribution in [1.82, 2.24) is 0 Å². The number of hydrogen-bond donors (Lipinski definition) is 0. The molecule has 1 aliphatic rings. The Morgan fingerprint density at radius 1 is 1.45 bits per heavy atom. The van der Waals surface area contributed by atoms with Gasteiger partial charge in [0.1, 0.15) is 12.6 Å². The van der Waals surface area contributed by atoms with E-state index in [1.807, 2.05) is 19.1 Å². The molecule has 0 spiro atoms. The monoisotopic (exact) mass is 152 g/mol. The van der Waals surface area contributed by atoms with Gasteiger partial charge in [-0.3, -0.25) is 0 Å². The average Bonchev–Trinajstić information content (AvgIpc) is 2.05. The maximum absolute atomic E-state index is 10.7. The quantitative estimate of drug-likeness (QED) is 0.442. The third-order valence-electron chi connectivity index (χ3n) is 2.39. The Morgan fingerprint density at radius 2 is 2.18 bits per heavy atom. The van der Waals surface area contributed by atoms with Gasteiger partial charge in [-0.1, -0.05) is 19.1 Å². The molecule has 60 valence electrons. The molecule has 0 aliphatic heterocycles. The molecule has 0 fully saturated rings. The van der Waals surface area contributed by atoms with E-state index in [0.29, 0.717) is 12.8 Å². The molecule has 2 heteroatoms. The van der Waals surface area contributed by atoms with Crippen molar-refractivity contribution in [3.05, 3.63) is 12.2 Å². The molecule has 1 rings (SSSR count). The highest BCUT2D eigenvalue weighted by atomic mass is 16.1. The van der Waals surface area contributed by atoms with Crippen molar-refractivity contribution in [1.29, 1.82) is 0 Å². The highest BCUT2D eigenvalue weighted by Gasteiger charge is 2.33. The molecule has 0 bridgehead atoms. The second-order valence-electron chi connectivity index (χ2n) is 3.28. The summed E-state index contributed by atoms with van der Waals surface area (Å²) in [6.45, 7) is 1.84. The van der Waals surface area contributed by atoms with Crippen LogP contribution in [-0.4, -0.2) is 12.6 Å². The number of carbonyl (C=O) groups is 2. The van der Waals surface area contributed by atoms with Gasteiger partial charge < -0.3 is 9.59 Å². The van der Waals surface area contributed by atoms with Crippen molar-refractivity contribution in [3.63, 3.8) is 0 Å². The molecule has 0 saturated carbocycles. The summed E-state index contributed by atoms with van der Waals surface area (Å²) in [6, 6.07) is 0. The van der Waals surface area contributed by atoms with E-state index in [-0.39, 0.29) is 5.92 Å². The summed E-state index contributed by atoms with van der Waals surface area (Å²) in [5.74, 6) is -0.120. The summed E-state index contributed by atoms with van der Waals surface area (Å²) in [4.78, 5) is 21.2. The molecule has 0 aromatic rings. The van der Waals surface area contributed by atoms with Gasteiger partial charge in [0.05, 0.1) is 0 Å². The van der Waals surface area contributed by atoms with E-state index in [0.717, 1.165) is 12.6 Å². The molecular formula is C9H12O2. The predicted octanol–water partition coefficient (Wildman–Crippen LogP) is 1.36. The third kappa shape index (κ3) is 1.39. The molecule has 0 saturated heterocycles. The fraction of sp³-hybridized carbons (Fsp3) is 0.556. The Balaban J connectivity index is 2.83. The van der Waals surface area contributed by atoms with Crippen molar-refractivity contribution in [2.75, 3.05) is 0 Å². The number of hydrogen-bond acceptors (Lipinski definition) is 2. The van der Waals surface area contributed by atoms with E-state index in [1.165, 1.54) is 0 Å². The lowest BCUT2D eigenvalue weighted by atomic mass is 9.72. The standard InChI is InChI=1S/C9H12O2/c1-9(7-11)5-3-2-4-8(9)6-10/h2-3,6-8H,4-5H2,1H3.